The number of halogens is 1. The summed E-state index contributed by atoms with van der Waals surface area (Å²) in [6, 6.07) is 10.9. The minimum Gasteiger partial charge on any atom is -0.349 e. The van der Waals surface area contributed by atoms with Crippen molar-refractivity contribution in [2.75, 3.05) is 12.8 Å². The fourth-order valence-corrected chi connectivity index (χ4v) is 5.66. The van der Waals surface area contributed by atoms with Gasteiger partial charge in [-0.2, -0.15) is 0 Å². The van der Waals surface area contributed by atoms with Crippen LogP contribution in [0.5, 0.6) is 0 Å². The highest BCUT2D eigenvalue weighted by molar-refractivity contribution is 7.92. The Balaban J connectivity index is 1.65. The maximum absolute atomic E-state index is 12.5. The third-order valence-corrected chi connectivity index (χ3v) is 8.42. The van der Waals surface area contributed by atoms with Crippen LogP contribution in [0, 0.1) is 0 Å². The van der Waals surface area contributed by atoms with Crippen LogP contribution in [0.4, 0.5) is 0 Å². The molecule has 5 nitrogen and oxygen atoms in total. The molecule has 0 unspecified atom stereocenters. The first-order valence-electron chi connectivity index (χ1n) is 8.80. The average molecular weight is 427 g/mol. The lowest BCUT2D eigenvalue weighted by Gasteiger charge is -2.40. The van der Waals surface area contributed by atoms with Crippen molar-refractivity contribution in [1.29, 1.82) is 0 Å². The molecule has 0 atom stereocenters. The van der Waals surface area contributed by atoms with Crippen molar-refractivity contribution in [2.45, 2.75) is 41.3 Å². The smallest absolute Gasteiger partial charge is 0.261 e. The molecule has 1 saturated carbocycles. The van der Waals surface area contributed by atoms with Crippen molar-refractivity contribution in [2.24, 2.45) is 5.73 Å². The van der Waals surface area contributed by atoms with E-state index in [9.17, 15) is 13.2 Å². The number of carbonyl (C=O) groups excluding carboxylic acids is 1. The van der Waals surface area contributed by atoms with E-state index in [-0.39, 0.29) is 21.6 Å². The molecule has 1 amide bonds. The highest BCUT2D eigenvalue weighted by Crippen LogP contribution is 2.39. The molecule has 1 heterocycles. The van der Waals surface area contributed by atoms with Crippen LogP contribution in [-0.2, 0) is 15.3 Å². The number of thiophene rings is 1. The normalized spacial score (nSPS) is 23.1. The van der Waals surface area contributed by atoms with E-state index in [1.165, 1.54) is 6.07 Å². The zero-order valence-corrected chi connectivity index (χ0v) is 17.5. The van der Waals surface area contributed by atoms with E-state index < -0.39 is 9.84 Å². The third kappa shape index (κ3) is 4.54. The number of hydrogen-bond acceptors (Lipinski definition) is 5. The van der Waals surface area contributed by atoms with Gasteiger partial charge in [-0.15, -0.1) is 11.3 Å². The summed E-state index contributed by atoms with van der Waals surface area (Å²) in [7, 11) is -3.29. The Kier molecular flexibility index (Phi) is 5.96. The zero-order valence-electron chi connectivity index (χ0n) is 15.1. The first-order valence-corrected chi connectivity index (χ1v) is 11.9. The molecule has 146 valence electrons. The van der Waals surface area contributed by atoms with Crippen LogP contribution < -0.4 is 11.1 Å². The molecule has 3 N–H and O–H groups in total. The van der Waals surface area contributed by atoms with Gasteiger partial charge in [0, 0.05) is 29.3 Å². The molecule has 1 aliphatic rings. The molecule has 0 spiro atoms. The van der Waals surface area contributed by atoms with E-state index >= 15 is 0 Å². The maximum atomic E-state index is 12.5. The number of amides is 1. The molecule has 3 rings (SSSR count). The minimum atomic E-state index is -3.29. The second kappa shape index (κ2) is 7.91. The summed E-state index contributed by atoms with van der Waals surface area (Å²) < 4.78 is 23.4. The van der Waals surface area contributed by atoms with Crippen molar-refractivity contribution < 1.29 is 13.2 Å². The molecule has 2 aromatic rings. The summed E-state index contributed by atoms with van der Waals surface area (Å²) in [5.74, 6) is -0.220. The van der Waals surface area contributed by atoms with Gasteiger partial charge in [0.25, 0.3) is 5.91 Å². The largest absolute Gasteiger partial charge is 0.349 e. The number of nitrogens with two attached hydrogens (primary N) is 1. The molecule has 1 aliphatic carbocycles. The van der Waals surface area contributed by atoms with E-state index in [0.717, 1.165) is 48.8 Å². The van der Waals surface area contributed by atoms with Gasteiger partial charge in [-0.1, -0.05) is 23.7 Å². The van der Waals surface area contributed by atoms with Gasteiger partial charge in [-0.05, 0) is 55.5 Å². The predicted molar refractivity (Wildman–Crippen MR) is 109 cm³/mol. The molecule has 1 aromatic carbocycles. The van der Waals surface area contributed by atoms with Crippen LogP contribution in [0.15, 0.2) is 40.6 Å². The maximum Gasteiger partial charge on any atom is 0.261 e. The van der Waals surface area contributed by atoms with E-state index in [1.807, 2.05) is 18.2 Å². The number of nitrogens with one attached hydrogen (secondary N) is 1. The van der Waals surface area contributed by atoms with E-state index in [0.29, 0.717) is 16.4 Å². The predicted octanol–water partition coefficient (Wildman–Crippen LogP) is 3.37. The fraction of sp³-hybridized carbons (Fsp3) is 0.421. The molecule has 27 heavy (non-hydrogen) atoms. The van der Waals surface area contributed by atoms with Crippen molar-refractivity contribution >= 4 is 38.7 Å². The fourth-order valence-electron chi connectivity index (χ4n) is 3.64. The van der Waals surface area contributed by atoms with Crippen LogP contribution in [0.2, 0.25) is 5.02 Å². The van der Waals surface area contributed by atoms with Crippen LogP contribution in [0.3, 0.4) is 0 Å². The lowest BCUT2D eigenvalue weighted by atomic mass is 9.68. The molecule has 0 bridgehead atoms. The molecular formula is C19H23ClN2O3S2. The Morgan fingerprint density at radius 1 is 1.30 bits per heavy atom. The lowest BCUT2D eigenvalue weighted by Crippen LogP contribution is -2.45. The van der Waals surface area contributed by atoms with Gasteiger partial charge in [0.2, 0.25) is 0 Å². The molecule has 0 aliphatic heterocycles. The summed E-state index contributed by atoms with van der Waals surface area (Å²) in [6.07, 6.45) is 4.52. The van der Waals surface area contributed by atoms with E-state index in [4.69, 9.17) is 17.3 Å². The Hall–Kier alpha value is -1.41. The van der Waals surface area contributed by atoms with Gasteiger partial charge in [-0.3, -0.25) is 4.79 Å². The summed E-state index contributed by atoms with van der Waals surface area (Å²) in [6.45, 7) is 0.538. The standard InChI is InChI=1S/C19H23ClN2O3S2/c1-27(24,25)17-6-5-16(26-17)18(23)22-15-7-9-19(12-21,10-8-15)13-3-2-4-14(20)11-13/h2-6,11,15H,7-10,12,21H2,1H3,(H,22,23). The van der Waals surface area contributed by atoms with Gasteiger partial charge in [0.15, 0.2) is 9.84 Å². The summed E-state index contributed by atoms with van der Waals surface area (Å²) in [5, 5.41) is 3.74. The molecular weight excluding hydrogens is 404 g/mol. The summed E-state index contributed by atoms with van der Waals surface area (Å²) in [4.78, 5) is 12.9. The van der Waals surface area contributed by atoms with E-state index in [2.05, 4.69) is 11.4 Å². The van der Waals surface area contributed by atoms with Crippen LogP contribution in [0.25, 0.3) is 0 Å². The SMILES string of the molecule is CS(=O)(=O)c1ccc(C(=O)NC2CCC(CN)(c3cccc(Cl)c3)CC2)s1. The number of carbonyl (C=O) groups is 1. The Labute approximate surface area is 168 Å². The van der Waals surface area contributed by atoms with Crippen molar-refractivity contribution in [1.82, 2.24) is 5.32 Å². The van der Waals surface area contributed by atoms with Gasteiger partial charge in [0.1, 0.15) is 4.21 Å². The van der Waals surface area contributed by atoms with Crippen molar-refractivity contribution in [3.8, 4) is 0 Å². The average Bonchev–Trinajstić information content (AvgIpc) is 3.13. The Bertz CT molecular complexity index is 932. The Morgan fingerprint density at radius 2 is 2.00 bits per heavy atom. The number of sulfone groups is 1. The van der Waals surface area contributed by atoms with Gasteiger partial charge in [0.05, 0.1) is 4.88 Å². The second-order valence-corrected chi connectivity index (χ2v) is 10.9. The quantitative estimate of drug-likeness (QED) is 0.766. The third-order valence-electron chi connectivity index (χ3n) is 5.28. The molecule has 0 radical (unpaired) electrons. The van der Waals surface area contributed by atoms with Crippen molar-refractivity contribution in [3.63, 3.8) is 0 Å². The molecule has 0 saturated heterocycles. The minimum absolute atomic E-state index is 0.0557. The zero-order chi connectivity index (χ0) is 19.7. The monoisotopic (exact) mass is 426 g/mol. The topological polar surface area (TPSA) is 89.3 Å². The first kappa shape index (κ1) is 20.3. The van der Waals surface area contributed by atoms with Crippen LogP contribution in [0.1, 0.15) is 40.9 Å². The van der Waals surface area contributed by atoms with Gasteiger partial charge in [-0.25, -0.2) is 8.42 Å². The second-order valence-electron chi connectivity index (χ2n) is 7.13. The van der Waals surface area contributed by atoms with Crippen LogP contribution in [-0.4, -0.2) is 33.2 Å². The Morgan fingerprint density at radius 3 is 2.56 bits per heavy atom. The highest BCUT2D eigenvalue weighted by Gasteiger charge is 2.36. The van der Waals surface area contributed by atoms with E-state index in [1.54, 1.807) is 6.07 Å². The number of benzene rings is 1. The number of rotatable bonds is 5. The first-order chi connectivity index (χ1) is 12.7. The summed E-state index contributed by atoms with van der Waals surface area (Å²) in [5.41, 5.74) is 7.15. The lowest BCUT2D eigenvalue weighted by molar-refractivity contribution is 0.0922. The highest BCUT2D eigenvalue weighted by atomic mass is 35.5. The number of hydrogen-bond donors (Lipinski definition) is 2. The molecule has 1 aromatic heterocycles. The molecule has 8 heteroatoms. The van der Waals surface area contributed by atoms with Crippen molar-refractivity contribution in [3.05, 3.63) is 51.9 Å². The van der Waals surface area contributed by atoms with Crippen LogP contribution >= 0.6 is 22.9 Å². The van der Waals surface area contributed by atoms with Gasteiger partial charge >= 0.3 is 0 Å². The van der Waals surface area contributed by atoms with Gasteiger partial charge < -0.3 is 11.1 Å². The summed E-state index contributed by atoms with van der Waals surface area (Å²) >= 11 is 7.15. The molecule has 1 fully saturated rings.